The maximum absolute atomic E-state index is 12.0. The number of amides is 1. The lowest BCUT2D eigenvalue weighted by atomic mass is 10.2. The highest BCUT2D eigenvalue weighted by atomic mass is 16.6. The van der Waals surface area contributed by atoms with E-state index in [2.05, 4.69) is 5.32 Å². The van der Waals surface area contributed by atoms with Crippen LogP contribution in [0.15, 0.2) is 72.8 Å². The van der Waals surface area contributed by atoms with Gasteiger partial charge in [-0.05, 0) is 42.0 Å². The Morgan fingerprint density at radius 3 is 2.18 bits per heavy atom. The minimum atomic E-state index is -0.774. The van der Waals surface area contributed by atoms with Crippen molar-refractivity contribution in [3.63, 3.8) is 0 Å². The van der Waals surface area contributed by atoms with Gasteiger partial charge in [0.25, 0.3) is 11.6 Å². The van der Waals surface area contributed by atoms with Gasteiger partial charge in [-0.3, -0.25) is 14.9 Å². The summed E-state index contributed by atoms with van der Waals surface area (Å²) >= 11 is 0. The first-order chi connectivity index (χ1) is 16.4. The third-order valence-electron chi connectivity index (χ3n) is 4.47. The summed E-state index contributed by atoms with van der Waals surface area (Å²) in [5.41, 5.74) is 0.646. The fourth-order valence-electron chi connectivity index (χ4n) is 2.78. The summed E-state index contributed by atoms with van der Waals surface area (Å²) in [5.74, 6) is -0.181. The molecule has 0 unspecified atom stereocenters. The summed E-state index contributed by atoms with van der Waals surface area (Å²) in [6, 6.07) is 20.4. The fraction of sp³-hybridized carbons (Fsp3) is 0.167. The smallest absolute Gasteiger partial charge is 0.344 e. The molecule has 0 heterocycles. The van der Waals surface area contributed by atoms with Gasteiger partial charge in [0.05, 0.1) is 18.1 Å². The van der Waals surface area contributed by atoms with Gasteiger partial charge in [0.15, 0.2) is 13.2 Å². The van der Waals surface area contributed by atoms with Crippen LogP contribution in [0, 0.1) is 10.1 Å². The Labute approximate surface area is 195 Å². The van der Waals surface area contributed by atoms with Gasteiger partial charge >= 0.3 is 5.97 Å². The highest BCUT2D eigenvalue weighted by molar-refractivity contribution is 5.95. The number of esters is 1. The number of rotatable bonds is 11. The maximum atomic E-state index is 12.0. The molecule has 0 radical (unpaired) electrons. The van der Waals surface area contributed by atoms with Crippen LogP contribution in [0.4, 0.5) is 11.4 Å². The van der Waals surface area contributed by atoms with Gasteiger partial charge < -0.3 is 24.3 Å². The number of hydrogen-bond acceptors (Lipinski definition) is 8. The third kappa shape index (κ3) is 7.23. The van der Waals surface area contributed by atoms with Gasteiger partial charge in [-0.2, -0.15) is 0 Å². The average Bonchev–Trinajstić information content (AvgIpc) is 2.86. The van der Waals surface area contributed by atoms with E-state index in [-0.39, 0.29) is 17.1 Å². The Hall–Kier alpha value is -4.60. The minimum absolute atomic E-state index is 0.0438. The summed E-state index contributed by atoms with van der Waals surface area (Å²) in [6.07, 6.45) is 0. The minimum Gasteiger partial charge on any atom is -0.496 e. The molecule has 0 aromatic heterocycles. The van der Waals surface area contributed by atoms with E-state index < -0.39 is 30.0 Å². The molecule has 1 amide bonds. The van der Waals surface area contributed by atoms with E-state index in [1.54, 1.807) is 24.3 Å². The molecular weight excluding hydrogens is 444 g/mol. The number of nitrogens with zero attached hydrogens (tertiary/aromatic N) is 1. The van der Waals surface area contributed by atoms with E-state index in [1.807, 2.05) is 30.3 Å². The maximum Gasteiger partial charge on any atom is 0.344 e. The van der Waals surface area contributed by atoms with Gasteiger partial charge in [0.1, 0.15) is 29.5 Å². The van der Waals surface area contributed by atoms with Gasteiger partial charge in [-0.15, -0.1) is 0 Å². The van der Waals surface area contributed by atoms with Crippen LogP contribution in [0.2, 0.25) is 0 Å². The normalized spacial score (nSPS) is 10.1. The van der Waals surface area contributed by atoms with E-state index in [9.17, 15) is 19.7 Å². The van der Waals surface area contributed by atoms with Crippen LogP contribution in [0.1, 0.15) is 5.56 Å². The monoisotopic (exact) mass is 466 g/mol. The van der Waals surface area contributed by atoms with Crippen molar-refractivity contribution in [2.75, 3.05) is 25.6 Å². The molecule has 3 aromatic carbocycles. The molecule has 3 aromatic rings. The number of nitro groups is 1. The first-order valence-electron chi connectivity index (χ1n) is 10.1. The number of carbonyl (C=O) groups is 2. The van der Waals surface area contributed by atoms with Crippen molar-refractivity contribution in [1.29, 1.82) is 0 Å². The van der Waals surface area contributed by atoms with Gasteiger partial charge in [0, 0.05) is 0 Å². The number of ether oxygens (including phenoxy) is 4. The van der Waals surface area contributed by atoms with Gasteiger partial charge in [-0.1, -0.05) is 30.3 Å². The lowest BCUT2D eigenvalue weighted by Crippen LogP contribution is -2.24. The zero-order chi connectivity index (χ0) is 24.3. The fourth-order valence-corrected chi connectivity index (χ4v) is 2.78. The van der Waals surface area contributed by atoms with E-state index in [4.69, 9.17) is 18.9 Å². The molecule has 0 aliphatic carbocycles. The average molecular weight is 466 g/mol. The first kappa shape index (κ1) is 24.1. The zero-order valence-electron chi connectivity index (χ0n) is 18.3. The molecule has 0 aliphatic heterocycles. The molecule has 176 valence electrons. The number of hydrogen-bond donors (Lipinski definition) is 1. The quantitative estimate of drug-likeness (QED) is 0.257. The van der Waals surface area contributed by atoms with Crippen LogP contribution in [-0.4, -0.2) is 37.1 Å². The second kappa shape index (κ2) is 11.9. The molecule has 0 bridgehead atoms. The molecule has 34 heavy (non-hydrogen) atoms. The molecule has 10 heteroatoms. The van der Waals surface area contributed by atoms with Crippen LogP contribution < -0.4 is 19.5 Å². The van der Waals surface area contributed by atoms with Crippen molar-refractivity contribution in [2.24, 2.45) is 0 Å². The highest BCUT2D eigenvalue weighted by Crippen LogP contribution is 2.28. The Morgan fingerprint density at radius 2 is 1.53 bits per heavy atom. The van der Waals surface area contributed by atoms with Crippen LogP contribution in [0.5, 0.6) is 17.2 Å². The van der Waals surface area contributed by atoms with Crippen LogP contribution in [0.25, 0.3) is 0 Å². The lowest BCUT2D eigenvalue weighted by molar-refractivity contribution is -0.384. The molecule has 0 saturated carbocycles. The van der Waals surface area contributed by atoms with Crippen LogP contribution in [0.3, 0.4) is 0 Å². The first-order valence-corrected chi connectivity index (χ1v) is 10.1. The van der Waals surface area contributed by atoms with E-state index >= 15 is 0 Å². The molecule has 0 aliphatic rings. The number of anilines is 1. The molecule has 0 spiro atoms. The van der Waals surface area contributed by atoms with Crippen molar-refractivity contribution >= 4 is 23.3 Å². The van der Waals surface area contributed by atoms with E-state index in [0.717, 1.165) is 5.56 Å². The second-order valence-electron chi connectivity index (χ2n) is 6.88. The summed E-state index contributed by atoms with van der Waals surface area (Å²) in [4.78, 5) is 34.4. The number of methoxy groups -OCH3 is 1. The third-order valence-corrected chi connectivity index (χ3v) is 4.47. The zero-order valence-corrected chi connectivity index (χ0v) is 18.3. The lowest BCUT2D eigenvalue weighted by Gasteiger charge is -2.10. The Balaban J connectivity index is 1.41. The van der Waals surface area contributed by atoms with Crippen molar-refractivity contribution in [1.82, 2.24) is 0 Å². The number of nitro benzene ring substituents is 1. The molecular formula is C24H22N2O8. The SMILES string of the molecule is COc1ccc(NC(=O)COC(=O)COc2ccc(OCc3ccccc3)cc2)c([N+](=O)[O-])c1. The van der Waals surface area contributed by atoms with E-state index in [1.165, 1.54) is 25.3 Å². The van der Waals surface area contributed by atoms with E-state index in [0.29, 0.717) is 18.1 Å². The van der Waals surface area contributed by atoms with Crippen molar-refractivity contribution in [2.45, 2.75) is 6.61 Å². The topological polar surface area (TPSA) is 126 Å². The standard InChI is InChI=1S/C24H22N2O8/c1-31-20-11-12-21(22(13-20)26(29)30)25-23(27)15-34-24(28)16-33-19-9-7-18(8-10-19)32-14-17-5-3-2-4-6-17/h2-13H,14-16H2,1H3,(H,25,27). The molecule has 0 fully saturated rings. The van der Waals surface area contributed by atoms with Crippen molar-refractivity contribution in [3.8, 4) is 17.2 Å². The van der Waals surface area contributed by atoms with Crippen LogP contribution in [-0.2, 0) is 20.9 Å². The summed E-state index contributed by atoms with van der Waals surface area (Å²) in [6.45, 7) is -0.618. The Morgan fingerprint density at radius 1 is 0.882 bits per heavy atom. The number of carbonyl (C=O) groups excluding carboxylic acids is 2. The summed E-state index contributed by atoms with van der Waals surface area (Å²) < 4.78 is 20.8. The molecule has 10 nitrogen and oxygen atoms in total. The molecule has 1 N–H and O–H groups in total. The molecule has 0 saturated heterocycles. The second-order valence-corrected chi connectivity index (χ2v) is 6.88. The summed E-state index contributed by atoms with van der Waals surface area (Å²) in [5, 5.41) is 13.5. The highest BCUT2D eigenvalue weighted by Gasteiger charge is 2.18. The largest absolute Gasteiger partial charge is 0.496 e. The van der Waals surface area contributed by atoms with Crippen LogP contribution >= 0.6 is 0 Å². The number of benzene rings is 3. The summed E-state index contributed by atoms with van der Waals surface area (Å²) in [7, 11) is 1.37. The Bertz CT molecular complexity index is 1130. The van der Waals surface area contributed by atoms with Crippen molar-refractivity contribution < 1.29 is 33.5 Å². The predicted octanol–water partition coefficient (Wildman–Crippen LogP) is 3.74. The van der Waals surface area contributed by atoms with Gasteiger partial charge in [-0.25, -0.2) is 4.79 Å². The molecule has 3 rings (SSSR count). The van der Waals surface area contributed by atoms with Gasteiger partial charge in [0.2, 0.25) is 0 Å². The van der Waals surface area contributed by atoms with Crippen molar-refractivity contribution in [3.05, 3.63) is 88.5 Å². The number of nitrogens with one attached hydrogen (secondary N) is 1. The predicted molar refractivity (Wildman–Crippen MR) is 122 cm³/mol. The molecule has 0 atom stereocenters. The Kier molecular flexibility index (Phi) is 8.39.